The normalized spacial score (nSPS) is 20.1. The van der Waals surface area contributed by atoms with Gasteiger partial charge in [0.25, 0.3) is 0 Å². The topological polar surface area (TPSA) is 73.8 Å². The molecule has 0 aromatic carbocycles. The van der Waals surface area contributed by atoms with Gasteiger partial charge in [-0.3, -0.25) is 4.79 Å². The van der Waals surface area contributed by atoms with Crippen molar-refractivity contribution in [1.82, 2.24) is 19.7 Å². The van der Waals surface area contributed by atoms with Gasteiger partial charge in [-0.25, -0.2) is 9.97 Å². The number of hydrogen-bond acceptors (Lipinski definition) is 5. The van der Waals surface area contributed by atoms with Gasteiger partial charge in [-0.2, -0.15) is 0 Å². The Hall–Kier alpha value is -2.21. The standard InChI is InChI=1S/C20H19ClN4O2/c21-19-16-14-12(25(11-3-1-2-4-11)20(16)23-9-22-19)7-8-13(26)15-17(14)24-27-18(15)10-5-6-10/h9-11H,1-8H2. The molecular weight excluding hydrogens is 364 g/mol. The second kappa shape index (κ2) is 5.64. The third-order valence-electron chi connectivity index (χ3n) is 6.30. The molecule has 0 atom stereocenters. The first-order valence-electron chi connectivity index (χ1n) is 9.80. The Morgan fingerprint density at radius 1 is 1.07 bits per heavy atom. The minimum atomic E-state index is 0.128. The zero-order valence-electron chi connectivity index (χ0n) is 14.9. The lowest BCUT2D eigenvalue weighted by Crippen LogP contribution is -2.10. The van der Waals surface area contributed by atoms with Crippen molar-refractivity contribution in [3.8, 4) is 11.3 Å². The molecule has 2 saturated carbocycles. The molecule has 0 saturated heterocycles. The first-order chi connectivity index (χ1) is 13.2. The summed E-state index contributed by atoms with van der Waals surface area (Å²) in [5.41, 5.74) is 4.21. The highest BCUT2D eigenvalue weighted by Gasteiger charge is 2.39. The van der Waals surface area contributed by atoms with Crippen LogP contribution in [0.4, 0.5) is 0 Å². The predicted molar refractivity (Wildman–Crippen MR) is 100 cm³/mol. The van der Waals surface area contributed by atoms with Crippen molar-refractivity contribution < 1.29 is 9.32 Å². The molecule has 6 nitrogen and oxygen atoms in total. The second-order valence-electron chi connectivity index (χ2n) is 7.96. The maximum absolute atomic E-state index is 13.0. The fourth-order valence-corrected chi connectivity index (χ4v) is 5.15. The van der Waals surface area contributed by atoms with E-state index in [-0.39, 0.29) is 5.78 Å². The lowest BCUT2D eigenvalue weighted by atomic mass is 10.0. The quantitative estimate of drug-likeness (QED) is 0.591. The molecular formula is C20H19ClN4O2. The van der Waals surface area contributed by atoms with Crippen LogP contribution in [0.1, 0.15) is 78.7 Å². The molecule has 2 fully saturated rings. The molecule has 0 spiro atoms. The van der Waals surface area contributed by atoms with Crippen LogP contribution in [0.5, 0.6) is 0 Å². The van der Waals surface area contributed by atoms with E-state index < -0.39 is 0 Å². The van der Waals surface area contributed by atoms with Crippen molar-refractivity contribution >= 4 is 28.4 Å². The van der Waals surface area contributed by atoms with Gasteiger partial charge < -0.3 is 9.09 Å². The minimum Gasteiger partial charge on any atom is -0.360 e. The average molecular weight is 383 g/mol. The summed E-state index contributed by atoms with van der Waals surface area (Å²) in [5, 5.41) is 5.61. The van der Waals surface area contributed by atoms with E-state index in [1.807, 2.05) is 0 Å². The van der Waals surface area contributed by atoms with Crippen LogP contribution in [0, 0.1) is 0 Å². The SMILES string of the molecule is O=C1CCc2c(c3c(Cl)ncnc3n2C2CCCC2)-c2noc(C3CC3)c21. The highest BCUT2D eigenvalue weighted by molar-refractivity contribution is 6.35. The summed E-state index contributed by atoms with van der Waals surface area (Å²) in [5.74, 6) is 1.22. The lowest BCUT2D eigenvalue weighted by molar-refractivity contribution is 0.0981. The molecule has 0 N–H and O–H groups in total. The van der Waals surface area contributed by atoms with E-state index in [0.717, 1.165) is 53.7 Å². The van der Waals surface area contributed by atoms with Gasteiger partial charge in [0.2, 0.25) is 0 Å². The average Bonchev–Trinajstić information content (AvgIpc) is 3.11. The number of halogens is 1. The smallest absolute Gasteiger partial charge is 0.169 e. The van der Waals surface area contributed by atoms with E-state index in [0.29, 0.717) is 41.2 Å². The first kappa shape index (κ1) is 15.8. The van der Waals surface area contributed by atoms with Crippen molar-refractivity contribution in [1.29, 1.82) is 0 Å². The van der Waals surface area contributed by atoms with E-state index >= 15 is 0 Å². The predicted octanol–water partition coefficient (Wildman–Crippen LogP) is 4.86. The Balaban J connectivity index is 1.70. The number of carbonyl (C=O) groups is 1. The fourth-order valence-electron chi connectivity index (χ4n) is 4.93. The summed E-state index contributed by atoms with van der Waals surface area (Å²) in [6.45, 7) is 0. The number of carbonyl (C=O) groups excluding carboxylic acids is 1. The molecule has 3 aromatic heterocycles. The highest BCUT2D eigenvalue weighted by atomic mass is 35.5. The van der Waals surface area contributed by atoms with Crippen LogP contribution in [0.15, 0.2) is 10.9 Å². The molecule has 138 valence electrons. The minimum absolute atomic E-state index is 0.128. The molecule has 27 heavy (non-hydrogen) atoms. The van der Waals surface area contributed by atoms with Gasteiger partial charge in [-0.1, -0.05) is 29.6 Å². The summed E-state index contributed by atoms with van der Waals surface area (Å²) in [7, 11) is 0. The van der Waals surface area contributed by atoms with E-state index in [9.17, 15) is 4.79 Å². The molecule has 3 heterocycles. The molecule has 0 radical (unpaired) electrons. The van der Waals surface area contributed by atoms with Crippen molar-refractivity contribution in [2.75, 3.05) is 0 Å². The number of hydrogen-bond donors (Lipinski definition) is 0. The fraction of sp³-hybridized carbons (Fsp3) is 0.500. The second-order valence-corrected chi connectivity index (χ2v) is 8.32. The lowest BCUT2D eigenvalue weighted by Gasteiger charge is -2.17. The van der Waals surface area contributed by atoms with Gasteiger partial charge in [0.05, 0.1) is 10.9 Å². The third-order valence-corrected chi connectivity index (χ3v) is 6.59. The van der Waals surface area contributed by atoms with Crippen LogP contribution in [0.3, 0.4) is 0 Å². The molecule has 6 rings (SSSR count). The van der Waals surface area contributed by atoms with E-state index in [1.165, 1.54) is 19.2 Å². The van der Waals surface area contributed by atoms with Crippen LogP contribution >= 0.6 is 11.6 Å². The van der Waals surface area contributed by atoms with Gasteiger partial charge in [-0.05, 0) is 32.1 Å². The Labute approximate surface area is 160 Å². The molecule has 7 heteroatoms. The van der Waals surface area contributed by atoms with Crippen LogP contribution in [-0.2, 0) is 6.42 Å². The number of rotatable bonds is 2. The largest absolute Gasteiger partial charge is 0.360 e. The summed E-state index contributed by atoms with van der Waals surface area (Å²) in [6.07, 6.45) is 9.50. The number of Topliss-reactive ketones (excluding diaryl/α,β-unsaturated/α-hetero) is 1. The van der Waals surface area contributed by atoms with Crippen LogP contribution in [0.25, 0.3) is 22.3 Å². The zero-order valence-corrected chi connectivity index (χ0v) is 15.6. The maximum atomic E-state index is 13.0. The summed E-state index contributed by atoms with van der Waals surface area (Å²) < 4.78 is 8.00. The summed E-state index contributed by atoms with van der Waals surface area (Å²) in [4.78, 5) is 21.8. The Morgan fingerprint density at radius 3 is 2.67 bits per heavy atom. The van der Waals surface area contributed by atoms with Crippen molar-refractivity contribution in [2.24, 2.45) is 0 Å². The van der Waals surface area contributed by atoms with Crippen molar-refractivity contribution in [3.63, 3.8) is 0 Å². The van der Waals surface area contributed by atoms with Crippen LogP contribution in [0.2, 0.25) is 5.15 Å². The first-order valence-corrected chi connectivity index (χ1v) is 10.2. The molecule has 0 bridgehead atoms. The van der Waals surface area contributed by atoms with Crippen molar-refractivity contribution in [3.05, 3.63) is 28.5 Å². The molecule has 3 aliphatic rings. The molecule has 3 aromatic rings. The zero-order chi connectivity index (χ0) is 18.1. The number of fused-ring (bicyclic) bond motifs is 5. The molecule has 0 amide bonds. The van der Waals surface area contributed by atoms with Gasteiger partial charge in [0, 0.05) is 29.6 Å². The third kappa shape index (κ3) is 2.19. The summed E-state index contributed by atoms with van der Waals surface area (Å²) in [6, 6.07) is 0.397. The van der Waals surface area contributed by atoms with Crippen LogP contribution in [-0.4, -0.2) is 25.5 Å². The Bertz CT molecular complexity index is 1090. The van der Waals surface area contributed by atoms with E-state index in [2.05, 4.69) is 19.7 Å². The molecule has 3 aliphatic carbocycles. The molecule has 0 unspecified atom stereocenters. The monoisotopic (exact) mass is 382 g/mol. The number of ketones is 1. The maximum Gasteiger partial charge on any atom is 0.169 e. The highest BCUT2D eigenvalue weighted by Crippen LogP contribution is 2.49. The van der Waals surface area contributed by atoms with Gasteiger partial charge in [0.15, 0.2) is 11.5 Å². The number of nitrogens with zero attached hydrogens (tertiary/aromatic N) is 4. The molecule has 0 aliphatic heterocycles. The Kier molecular flexibility index (Phi) is 3.30. The van der Waals surface area contributed by atoms with Gasteiger partial charge >= 0.3 is 0 Å². The van der Waals surface area contributed by atoms with E-state index in [1.54, 1.807) is 0 Å². The summed E-state index contributed by atoms with van der Waals surface area (Å²) >= 11 is 6.54. The van der Waals surface area contributed by atoms with E-state index in [4.69, 9.17) is 16.1 Å². The van der Waals surface area contributed by atoms with Crippen LogP contribution < -0.4 is 0 Å². The van der Waals surface area contributed by atoms with Gasteiger partial charge in [-0.15, -0.1) is 0 Å². The van der Waals surface area contributed by atoms with Crippen molar-refractivity contribution in [2.45, 2.75) is 63.3 Å². The number of aromatic nitrogens is 4. The van der Waals surface area contributed by atoms with Gasteiger partial charge in [0.1, 0.15) is 22.8 Å². The Morgan fingerprint density at radius 2 is 1.89 bits per heavy atom.